The summed E-state index contributed by atoms with van der Waals surface area (Å²) < 4.78 is 42.3. The highest BCUT2D eigenvalue weighted by atomic mass is 32.2. The molecule has 0 radical (unpaired) electrons. The number of halogens is 1. The van der Waals surface area contributed by atoms with E-state index < -0.39 is 34.3 Å². The van der Waals surface area contributed by atoms with Crippen LogP contribution in [0.5, 0.6) is 0 Å². The minimum Gasteiger partial charge on any atom is -0.354 e. The van der Waals surface area contributed by atoms with Crippen molar-refractivity contribution >= 4 is 27.5 Å². The predicted molar refractivity (Wildman–Crippen MR) is 156 cm³/mol. The largest absolute Gasteiger partial charge is 0.354 e. The van der Waals surface area contributed by atoms with Gasteiger partial charge in [0.1, 0.15) is 18.4 Å². The van der Waals surface area contributed by atoms with Crippen LogP contribution in [0.3, 0.4) is 0 Å². The number of unbranched alkanes of at least 4 members (excludes halogenated alkanes) is 1. The second-order valence-corrected chi connectivity index (χ2v) is 11.4. The van der Waals surface area contributed by atoms with Crippen LogP contribution < -0.4 is 9.62 Å². The molecule has 214 valence electrons. The van der Waals surface area contributed by atoms with E-state index in [4.69, 9.17) is 0 Å². The molecule has 1 N–H and O–H groups in total. The van der Waals surface area contributed by atoms with E-state index in [-0.39, 0.29) is 17.3 Å². The molecule has 0 spiro atoms. The van der Waals surface area contributed by atoms with Crippen LogP contribution >= 0.6 is 0 Å². The minimum atomic E-state index is -4.12. The van der Waals surface area contributed by atoms with Crippen molar-refractivity contribution in [2.45, 2.75) is 63.9 Å². The van der Waals surface area contributed by atoms with Crippen molar-refractivity contribution in [3.05, 3.63) is 95.8 Å². The third-order valence-electron chi connectivity index (χ3n) is 6.72. The van der Waals surface area contributed by atoms with Gasteiger partial charge in [0.25, 0.3) is 10.0 Å². The molecular formula is C31H38FN3O4S. The standard InChI is InChI=1S/C31H38FN3O4S/c1-4-7-21-33-31(37)29(6-3)34(22-25-13-17-26(32)18-14-25)30(36)23-35(27-19-15-24(5-2)16-20-27)40(38,39)28-11-9-8-10-12-28/h8-20,29H,4-7,21-23H2,1-3H3,(H,33,37)/t29-/m0/s1. The fourth-order valence-corrected chi connectivity index (χ4v) is 5.79. The maximum atomic E-state index is 14.0. The minimum absolute atomic E-state index is 0.0206. The zero-order valence-corrected chi connectivity index (χ0v) is 24.2. The van der Waals surface area contributed by atoms with E-state index in [2.05, 4.69) is 5.32 Å². The summed E-state index contributed by atoms with van der Waals surface area (Å²) in [4.78, 5) is 28.6. The van der Waals surface area contributed by atoms with Crippen molar-refractivity contribution in [1.29, 1.82) is 0 Å². The molecule has 3 aromatic carbocycles. The molecule has 0 bridgehead atoms. The van der Waals surface area contributed by atoms with Gasteiger partial charge in [0, 0.05) is 13.1 Å². The second-order valence-electron chi connectivity index (χ2n) is 9.56. The lowest BCUT2D eigenvalue weighted by molar-refractivity contribution is -0.140. The smallest absolute Gasteiger partial charge is 0.264 e. The molecule has 0 aromatic heterocycles. The Morgan fingerprint density at radius 3 is 2.08 bits per heavy atom. The van der Waals surface area contributed by atoms with Crippen molar-refractivity contribution in [3.8, 4) is 0 Å². The van der Waals surface area contributed by atoms with Gasteiger partial charge in [-0.3, -0.25) is 13.9 Å². The van der Waals surface area contributed by atoms with E-state index in [1.807, 2.05) is 26.0 Å². The van der Waals surface area contributed by atoms with Gasteiger partial charge in [0.2, 0.25) is 11.8 Å². The van der Waals surface area contributed by atoms with Gasteiger partial charge in [-0.2, -0.15) is 0 Å². The number of aryl methyl sites for hydroxylation is 1. The molecule has 40 heavy (non-hydrogen) atoms. The third-order valence-corrected chi connectivity index (χ3v) is 8.51. The molecule has 0 saturated heterocycles. The molecule has 9 heteroatoms. The summed E-state index contributed by atoms with van der Waals surface area (Å²) in [6.07, 6.45) is 2.80. The fourth-order valence-electron chi connectivity index (χ4n) is 4.36. The number of amides is 2. The van der Waals surface area contributed by atoms with Gasteiger partial charge in [-0.1, -0.05) is 69.7 Å². The lowest BCUT2D eigenvalue weighted by Gasteiger charge is -2.33. The molecule has 3 rings (SSSR count). The Hall–Kier alpha value is -3.72. The number of benzene rings is 3. The number of carbonyl (C=O) groups excluding carboxylic acids is 2. The first-order valence-corrected chi connectivity index (χ1v) is 15.1. The van der Waals surface area contributed by atoms with E-state index in [1.165, 1.54) is 29.2 Å². The third kappa shape index (κ3) is 7.91. The Morgan fingerprint density at radius 1 is 0.875 bits per heavy atom. The maximum absolute atomic E-state index is 14.0. The number of anilines is 1. The van der Waals surface area contributed by atoms with Gasteiger partial charge >= 0.3 is 0 Å². The number of hydrogen-bond acceptors (Lipinski definition) is 4. The zero-order chi connectivity index (χ0) is 29.1. The van der Waals surface area contributed by atoms with E-state index in [0.717, 1.165) is 29.1 Å². The highest BCUT2D eigenvalue weighted by molar-refractivity contribution is 7.92. The molecule has 0 aliphatic carbocycles. The van der Waals surface area contributed by atoms with E-state index in [9.17, 15) is 22.4 Å². The normalized spacial score (nSPS) is 12.0. The van der Waals surface area contributed by atoms with Crippen molar-refractivity contribution < 1.29 is 22.4 Å². The number of sulfonamides is 1. The van der Waals surface area contributed by atoms with Crippen LogP contribution in [0.15, 0.2) is 83.8 Å². The number of nitrogens with zero attached hydrogens (tertiary/aromatic N) is 2. The summed E-state index contributed by atoms with van der Waals surface area (Å²) >= 11 is 0. The molecule has 0 fully saturated rings. The summed E-state index contributed by atoms with van der Waals surface area (Å²) in [5.41, 5.74) is 2.00. The Morgan fingerprint density at radius 2 is 1.50 bits per heavy atom. The summed E-state index contributed by atoms with van der Waals surface area (Å²) in [6.45, 7) is 5.80. The Labute approximate surface area is 237 Å². The first kappa shape index (κ1) is 30.8. The zero-order valence-electron chi connectivity index (χ0n) is 23.3. The molecular weight excluding hydrogens is 529 g/mol. The number of nitrogens with one attached hydrogen (secondary N) is 1. The summed E-state index contributed by atoms with van der Waals surface area (Å²) in [6, 6.07) is 19.8. The molecule has 2 amide bonds. The molecule has 1 atom stereocenters. The first-order valence-electron chi connectivity index (χ1n) is 13.7. The molecule has 3 aromatic rings. The van der Waals surface area contributed by atoms with E-state index >= 15 is 0 Å². The molecule has 0 heterocycles. The molecule has 7 nitrogen and oxygen atoms in total. The summed E-state index contributed by atoms with van der Waals surface area (Å²) in [5.74, 6) is -1.27. The lowest BCUT2D eigenvalue weighted by atomic mass is 10.1. The van der Waals surface area contributed by atoms with Gasteiger partial charge < -0.3 is 10.2 Å². The lowest BCUT2D eigenvalue weighted by Crippen LogP contribution is -2.52. The molecule has 0 saturated carbocycles. The number of hydrogen-bond donors (Lipinski definition) is 1. The SMILES string of the molecule is CCCCNC(=O)[C@H](CC)N(Cc1ccc(F)cc1)C(=O)CN(c1ccc(CC)cc1)S(=O)(=O)c1ccccc1. The van der Waals surface area contributed by atoms with Crippen LogP contribution in [0.4, 0.5) is 10.1 Å². The van der Waals surface area contributed by atoms with Crippen molar-refractivity contribution in [1.82, 2.24) is 10.2 Å². The quantitative estimate of drug-likeness (QED) is 0.268. The van der Waals surface area contributed by atoms with Gasteiger partial charge in [0.15, 0.2) is 0 Å². The van der Waals surface area contributed by atoms with Crippen LogP contribution in [-0.2, 0) is 32.6 Å². The average molecular weight is 568 g/mol. The maximum Gasteiger partial charge on any atom is 0.264 e. The number of rotatable bonds is 14. The number of carbonyl (C=O) groups is 2. The monoisotopic (exact) mass is 567 g/mol. The Balaban J connectivity index is 2.02. The topological polar surface area (TPSA) is 86.8 Å². The van der Waals surface area contributed by atoms with Gasteiger partial charge in [-0.15, -0.1) is 0 Å². The highest BCUT2D eigenvalue weighted by Crippen LogP contribution is 2.25. The van der Waals surface area contributed by atoms with Crippen molar-refractivity contribution in [2.24, 2.45) is 0 Å². The molecule has 0 aliphatic heterocycles. The summed E-state index contributed by atoms with van der Waals surface area (Å²) in [7, 11) is -4.12. The van der Waals surface area contributed by atoms with E-state index in [1.54, 1.807) is 49.4 Å². The van der Waals surface area contributed by atoms with Crippen LogP contribution in [0.1, 0.15) is 51.2 Å². The Bertz CT molecular complexity index is 1350. The summed E-state index contributed by atoms with van der Waals surface area (Å²) in [5, 5.41) is 2.89. The van der Waals surface area contributed by atoms with Crippen LogP contribution in [-0.4, -0.2) is 44.3 Å². The van der Waals surface area contributed by atoms with Crippen LogP contribution in [0.2, 0.25) is 0 Å². The van der Waals surface area contributed by atoms with Gasteiger partial charge in [0.05, 0.1) is 10.6 Å². The predicted octanol–water partition coefficient (Wildman–Crippen LogP) is 5.31. The van der Waals surface area contributed by atoms with Crippen LogP contribution in [0.25, 0.3) is 0 Å². The molecule has 0 unspecified atom stereocenters. The van der Waals surface area contributed by atoms with Crippen molar-refractivity contribution in [3.63, 3.8) is 0 Å². The van der Waals surface area contributed by atoms with Crippen molar-refractivity contribution in [2.75, 3.05) is 17.4 Å². The Kier molecular flexibility index (Phi) is 11.3. The fraction of sp³-hybridized carbons (Fsp3) is 0.355. The van der Waals surface area contributed by atoms with Gasteiger partial charge in [-0.05, 0) is 66.8 Å². The van der Waals surface area contributed by atoms with Crippen LogP contribution in [0, 0.1) is 5.82 Å². The second kappa shape index (κ2) is 14.6. The van der Waals surface area contributed by atoms with E-state index in [0.29, 0.717) is 24.2 Å². The van der Waals surface area contributed by atoms with Gasteiger partial charge in [-0.25, -0.2) is 12.8 Å². The first-order chi connectivity index (χ1) is 19.2. The average Bonchev–Trinajstić information content (AvgIpc) is 2.97. The highest BCUT2D eigenvalue weighted by Gasteiger charge is 2.33. The molecule has 0 aliphatic rings.